The minimum absolute atomic E-state index is 0.298. The fraction of sp³-hybridized carbons (Fsp3) is 0.576. The molecule has 1 fully saturated rings. The van der Waals surface area contributed by atoms with Crippen molar-refractivity contribution in [2.45, 2.75) is 89.7 Å². The molecule has 1 saturated heterocycles. The van der Waals surface area contributed by atoms with Crippen LogP contribution in [0, 0.1) is 5.82 Å². The van der Waals surface area contributed by atoms with E-state index in [2.05, 4.69) is 35.9 Å². The van der Waals surface area contributed by atoms with E-state index in [1.807, 2.05) is 25.5 Å². The number of piperidine rings is 1. The number of alkyl carbamates (subject to hydrolysis) is 1. The van der Waals surface area contributed by atoms with Crippen molar-refractivity contribution in [3.05, 3.63) is 47.5 Å². The number of benzene rings is 1. The van der Waals surface area contributed by atoms with Crippen molar-refractivity contribution < 1.29 is 28.1 Å². The molecule has 248 valence electrons. The zero-order valence-corrected chi connectivity index (χ0v) is 28.7. The fourth-order valence-electron chi connectivity index (χ4n) is 6.20. The molecular formula is C33H45FN6O5Si. The van der Waals surface area contributed by atoms with Crippen LogP contribution in [-0.4, -0.2) is 78.0 Å². The number of hydrogen-bond acceptors (Lipinski definition) is 9. The molecule has 0 bridgehead atoms. The van der Waals surface area contributed by atoms with Crippen molar-refractivity contribution in [3.8, 4) is 5.75 Å². The Bertz CT molecular complexity index is 1620. The Kier molecular flexibility index (Phi) is 8.85. The number of aromatic nitrogens is 4. The maximum Gasteiger partial charge on any atom is 0.408 e. The van der Waals surface area contributed by atoms with Gasteiger partial charge in [0.25, 0.3) is 0 Å². The molecule has 3 aromatic rings. The minimum atomic E-state index is -1.24. The molecule has 46 heavy (non-hydrogen) atoms. The maximum atomic E-state index is 14.4. The largest absolute Gasteiger partial charge is 0.484 e. The highest BCUT2D eigenvalue weighted by atomic mass is 28.3. The molecule has 2 aromatic heterocycles. The standard InChI is InChI=1S/C33H45FN6O5Si/c1-32(2,3)45-31(41)37-29-24-19-23(34)7-8-25(24)44-33(29)11-13-39(14-12-33)26-20-35-28-27(22-9-15-42-16-10-22)38-40(30(28)36-26)21-43-17-18-46(4,5)6/h7-9,19-20,29H,10-18,21H2,1-6H3,(H,37,41)/t29-/m1/s1. The highest BCUT2D eigenvalue weighted by molar-refractivity contribution is 6.76. The number of anilines is 1. The van der Waals surface area contributed by atoms with Crippen LogP contribution in [0.1, 0.15) is 57.3 Å². The molecule has 5 heterocycles. The molecule has 11 nitrogen and oxygen atoms in total. The first-order chi connectivity index (χ1) is 21.8. The number of fused-ring (bicyclic) bond motifs is 2. The number of halogens is 1. The van der Waals surface area contributed by atoms with Crippen LogP contribution >= 0.6 is 0 Å². The lowest BCUT2D eigenvalue weighted by atomic mass is 9.82. The molecule has 1 amide bonds. The van der Waals surface area contributed by atoms with Crippen molar-refractivity contribution in [3.63, 3.8) is 0 Å². The Morgan fingerprint density at radius 2 is 2.00 bits per heavy atom. The SMILES string of the molecule is CC(C)(C)OC(=O)N[C@@H]1c2cc(F)ccc2OC12CCN(c1cnc3c(C4=CCOCC4)nn(COCC[Si](C)(C)C)c3n1)CC2. The zero-order chi connectivity index (χ0) is 32.7. The predicted molar refractivity (Wildman–Crippen MR) is 176 cm³/mol. The van der Waals surface area contributed by atoms with Crippen molar-refractivity contribution in [1.82, 2.24) is 25.1 Å². The van der Waals surface area contributed by atoms with Crippen LogP contribution in [0.5, 0.6) is 5.75 Å². The van der Waals surface area contributed by atoms with E-state index < -0.39 is 31.4 Å². The Morgan fingerprint density at radius 1 is 1.22 bits per heavy atom. The fourth-order valence-corrected chi connectivity index (χ4v) is 6.96. The van der Waals surface area contributed by atoms with Crippen LogP contribution in [-0.2, 0) is 20.9 Å². The van der Waals surface area contributed by atoms with E-state index in [9.17, 15) is 9.18 Å². The lowest BCUT2D eigenvalue weighted by molar-refractivity contribution is 0.0149. The second-order valence-electron chi connectivity index (χ2n) is 14.6. The van der Waals surface area contributed by atoms with E-state index in [0.717, 1.165) is 35.1 Å². The minimum Gasteiger partial charge on any atom is -0.484 e. The number of carbonyl (C=O) groups is 1. The van der Waals surface area contributed by atoms with Gasteiger partial charge in [-0.05, 0) is 57.0 Å². The van der Waals surface area contributed by atoms with Crippen LogP contribution in [0.2, 0.25) is 25.7 Å². The van der Waals surface area contributed by atoms with E-state index in [1.165, 1.54) is 12.1 Å². The van der Waals surface area contributed by atoms with Crippen LogP contribution in [0.4, 0.5) is 15.0 Å². The van der Waals surface area contributed by atoms with Gasteiger partial charge in [0.05, 0.1) is 19.4 Å². The van der Waals surface area contributed by atoms with E-state index in [-0.39, 0.29) is 5.82 Å². The number of rotatable bonds is 8. The molecule has 6 rings (SSSR count). The summed E-state index contributed by atoms with van der Waals surface area (Å²) in [5.74, 6) is 0.926. The van der Waals surface area contributed by atoms with Gasteiger partial charge in [0.2, 0.25) is 0 Å². The molecule has 0 unspecified atom stereocenters. The average Bonchev–Trinajstić information content (AvgIpc) is 3.49. The number of ether oxygens (including phenoxy) is 4. The Hall–Kier alpha value is -3.55. The zero-order valence-electron chi connectivity index (χ0n) is 27.7. The molecule has 1 spiro atoms. The smallest absolute Gasteiger partial charge is 0.408 e. The lowest BCUT2D eigenvalue weighted by Crippen LogP contribution is -2.54. The van der Waals surface area contributed by atoms with E-state index in [1.54, 1.807) is 12.3 Å². The van der Waals surface area contributed by atoms with Gasteiger partial charge in [-0.25, -0.2) is 23.8 Å². The molecule has 0 radical (unpaired) electrons. The third-order valence-electron chi connectivity index (χ3n) is 8.63. The summed E-state index contributed by atoms with van der Waals surface area (Å²) in [6, 6.07) is 4.96. The van der Waals surface area contributed by atoms with E-state index in [4.69, 9.17) is 34.0 Å². The van der Waals surface area contributed by atoms with Crippen LogP contribution in [0.25, 0.3) is 16.7 Å². The molecule has 1 aromatic carbocycles. The van der Waals surface area contributed by atoms with Crippen LogP contribution in [0.3, 0.4) is 0 Å². The summed E-state index contributed by atoms with van der Waals surface area (Å²) in [4.78, 5) is 25.0. The summed E-state index contributed by atoms with van der Waals surface area (Å²) in [5, 5.41) is 7.91. The van der Waals surface area contributed by atoms with Crippen molar-refractivity contribution in [2.24, 2.45) is 0 Å². The summed E-state index contributed by atoms with van der Waals surface area (Å²) in [7, 11) is -1.24. The van der Waals surface area contributed by atoms with Gasteiger partial charge in [-0.3, -0.25) is 0 Å². The molecule has 1 atom stereocenters. The lowest BCUT2D eigenvalue weighted by Gasteiger charge is -2.42. The molecular weight excluding hydrogens is 607 g/mol. The number of hydrogen-bond donors (Lipinski definition) is 1. The van der Waals surface area contributed by atoms with Gasteiger partial charge in [0.15, 0.2) is 5.65 Å². The number of carbonyl (C=O) groups excluding carboxylic acids is 1. The van der Waals surface area contributed by atoms with Gasteiger partial charge >= 0.3 is 6.09 Å². The van der Waals surface area contributed by atoms with Gasteiger partial charge < -0.3 is 29.2 Å². The number of amides is 1. The second kappa shape index (κ2) is 12.6. The first-order valence-corrected chi connectivity index (χ1v) is 19.8. The van der Waals surface area contributed by atoms with Crippen molar-refractivity contribution in [1.29, 1.82) is 0 Å². The van der Waals surface area contributed by atoms with E-state index in [0.29, 0.717) is 69.4 Å². The third kappa shape index (κ3) is 7.06. The van der Waals surface area contributed by atoms with Crippen molar-refractivity contribution >= 4 is 36.7 Å². The van der Waals surface area contributed by atoms with Crippen LogP contribution in [0.15, 0.2) is 30.5 Å². The highest BCUT2D eigenvalue weighted by Crippen LogP contribution is 2.49. The predicted octanol–water partition coefficient (Wildman–Crippen LogP) is 6.08. The second-order valence-corrected chi connectivity index (χ2v) is 20.2. The van der Waals surface area contributed by atoms with Gasteiger partial charge in [0, 0.05) is 46.2 Å². The number of nitrogens with zero attached hydrogens (tertiary/aromatic N) is 5. The molecule has 3 aliphatic heterocycles. The van der Waals surface area contributed by atoms with Gasteiger partial charge in [-0.2, -0.15) is 5.10 Å². The monoisotopic (exact) mass is 652 g/mol. The van der Waals surface area contributed by atoms with Gasteiger partial charge in [-0.15, -0.1) is 0 Å². The summed E-state index contributed by atoms with van der Waals surface area (Å²) < 4.78 is 39.9. The van der Waals surface area contributed by atoms with Crippen LogP contribution < -0.4 is 15.0 Å². The third-order valence-corrected chi connectivity index (χ3v) is 10.3. The maximum absolute atomic E-state index is 14.4. The Morgan fingerprint density at radius 3 is 2.70 bits per heavy atom. The van der Waals surface area contributed by atoms with Crippen molar-refractivity contribution in [2.75, 3.05) is 37.8 Å². The molecule has 3 aliphatic rings. The normalized spacial score (nSPS) is 19.6. The summed E-state index contributed by atoms with van der Waals surface area (Å²) in [5.41, 5.74) is 2.55. The van der Waals surface area contributed by atoms with Gasteiger partial charge in [0.1, 0.15) is 52.6 Å². The first-order valence-electron chi connectivity index (χ1n) is 16.1. The Labute approximate surface area is 270 Å². The molecule has 0 saturated carbocycles. The van der Waals surface area contributed by atoms with E-state index >= 15 is 0 Å². The summed E-state index contributed by atoms with van der Waals surface area (Å²) in [6.45, 7) is 15.8. The Balaban J connectivity index is 1.24. The molecule has 0 aliphatic carbocycles. The molecule has 13 heteroatoms. The van der Waals surface area contributed by atoms with Gasteiger partial charge in [-0.1, -0.05) is 25.7 Å². The number of nitrogens with one attached hydrogen (secondary N) is 1. The topological polar surface area (TPSA) is 113 Å². The highest BCUT2D eigenvalue weighted by Gasteiger charge is 2.51. The quantitative estimate of drug-likeness (QED) is 0.229. The summed E-state index contributed by atoms with van der Waals surface area (Å²) >= 11 is 0. The molecule has 1 N–H and O–H groups in total. The first kappa shape index (κ1) is 32.4. The summed E-state index contributed by atoms with van der Waals surface area (Å²) in [6.07, 6.45) is 5.21. The average molecular weight is 653 g/mol.